The van der Waals surface area contributed by atoms with Gasteiger partial charge in [-0.3, -0.25) is 0 Å². The Balaban J connectivity index is 2.11. The van der Waals surface area contributed by atoms with Gasteiger partial charge in [0.05, 0.1) is 5.38 Å². The minimum absolute atomic E-state index is 0.285. The van der Waals surface area contributed by atoms with Gasteiger partial charge in [0.25, 0.3) is 0 Å². The summed E-state index contributed by atoms with van der Waals surface area (Å²) in [5.74, 6) is 0.324. The Morgan fingerprint density at radius 2 is 1.67 bits per heavy atom. The molecular weight excluding hydrogens is 306 g/mol. The molecule has 112 valence electrons. The lowest BCUT2D eigenvalue weighted by Gasteiger charge is -2.13. The van der Waals surface area contributed by atoms with E-state index in [2.05, 4.69) is 26.0 Å². The Bertz CT molecular complexity index is 570. The minimum Gasteiger partial charge on any atom is -0.207 e. The molecule has 2 rings (SSSR count). The van der Waals surface area contributed by atoms with Crippen molar-refractivity contribution in [3.8, 4) is 0 Å². The van der Waals surface area contributed by atoms with Crippen molar-refractivity contribution in [1.29, 1.82) is 0 Å². The molecule has 1 atom stereocenters. The van der Waals surface area contributed by atoms with Crippen LogP contribution in [0.1, 0.15) is 35.9 Å². The van der Waals surface area contributed by atoms with Crippen LogP contribution in [0.15, 0.2) is 42.5 Å². The first-order chi connectivity index (χ1) is 9.97. The fourth-order valence-electron chi connectivity index (χ4n) is 2.36. The molecule has 0 aliphatic carbocycles. The van der Waals surface area contributed by atoms with E-state index in [0.717, 1.165) is 12.0 Å². The lowest BCUT2D eigenvalue weighted by molar-refractivity contribution is 0.607. The molecule has 0 radical (unpaired) electrons. The highest BCUT2D eigenvalue weighted by Crippen LogP contribution is 2.30. The van der Waals surface area contributed by atoms with Crippen LogP contribution in [0, 0.1) is 11.7 Å². The summed E-state index contributed by atoms with van der Waals surface area (Å²) in [7, 11) is 0. The zero-order valence-electron chi connectivity index (χ0n) is 12.2. The molecular formula is C18H19Cl2F. The van der Waals surface area contributed by atoms with Crippen molar-refractivity contribution < 1.29 is 4.39 Å². The van der Waals surface area contributed by atoms with Gasteiger partial charge >= 0.3 is 0 Å². The Morgan fingerprint density at radius 1 is 1.00 bits per heavy atom. The van der Waals surface area contributed by atoms with Crippen LogP contribution < -0.4 is 0 Å². The van der Waals surface area contributed by atoms with Gasteiger partial charge in [-0.05, 0) is 42.0 Å². The van der Waals surface area contributed by atoms with Crippen LogP contribution in [0.3, 0.4) is 0 Å². The molecule has 0 spiro atoms. The molecule has 0 saturated carbocycles. The molecule has 0 aromatic heterocycles. The van der Waals surface area contributed by atoms with Crippen molar-refractivity contribution >= 4 is 23.2 Å². The summed E-state index contributed by atoms with van der Waals surface area (Å²) in [5.41, 5.74) is 2.76. The fourth-order valence-corrected chi connectivity index (χ4v) is 2.90. The predicted octanol–water partition coefficient (Wildman–Crippen LogP) is 6.20. The molecule has 0 saturated heterocycles. The molecule has 3 heteroatoms. The first-order valence-electron chi connectivity index (χ1n) is 7.13. The fraction of sp³-hybridized carbons (Fsp3) is 0.333. The van der Waals surface area contributed by atoms with Gasteiger partial charge in [-0.25, -0.2) is 4.39 Å². The van der Waals surface area contributed by atoms with E-state index in [-0.39, 0.29) is 11.2 Å². The lowest BCUT2D eigenvalue weighted by Crippen LogP contribution is -2.00. The summed E-state index contributed by atoms with van der Waals surface area (Å²) in [5, 5.41) is 0.143. The topological polar surface area (TPSA) is 0 Å². The number of halogens is 3. The zero-order valence-corrected chi connectivity index (χ0v) is 13.8. The van der Waals surface area contributed by atoms with Crippen LogP contribution in [0.5, 0.6) is 0 Å². The van der Waals surface area contributed by atoms with Gasteiger partial charge in [-0.2, -0.15) is 0 Å². The van der Waals surface area contributed by atoms with Gasteiger partial charge in [-0.15, -0.1) is 11.6 Å². The number of hydrogen-bond donors (Lipinski definition) is 0. The average molecular weight is 325 g/mol. The summed E-state index contributed by atoms with van der Waals surface area (Å²) in [4.78, 5) is 0. The first kappa shape index (κ1) is 16.3. The highest BCUT2D eigenvalue weighted by Gasteiger charge is 2.14. The summed E-state index contributed by atoms with van der Waals surface area (Å²) < 4.78 is 13.8. The highest BCUT2D eigenvalue weighted by atomic mass is 35.5. The van der Waals surface area contributed by atoms with E-state index < -0.39 is 0 Å². The first-order valence-corrected chi connectivity index (χ1v) is 7.94. The van der Waals surface area contributed by atoms with E-state index >= 15 is 0 Å². The minimum atomic E-state index is -0.301. The summed E-state index contributed by atoms with van der Waals surface area (Å²) in [6.07, 6.45) is 1.43. The molecule has 0 aliphatic rings. The third kappa shape index (κ3) is 4.46. The van der Waals surface area contributed by atoms with Crippen LogP contribution in [-0.4, -0.2) is 0 Å². The Labute approximate surface area is 135 Å². The van der Waals surface area contributed by atoms with Crippen LogP contribution >= 0.6 is 23.2 Å². The second kappa shape index (κ2) is 7.29. The second-order valence-corrected chi connectivity index (χ2v) is 6.65. The smallest absolute Gasteiger partial charge is 0.127 e. The maximum Gasteiger partial charge on any atom is 0.127 e. The highest BCUT2D eigenvalue weighted by molar-refractivity contribution is 6.31. The largest absolute Gasteiger partial charge is 0.207 e. The van der Waals surface area contributed by atoms with Crippen molar-refractivity contribution in [1.82, 2.24) is 0 Å². The predicted molar refractivity (Wildman–Crippen MR) is 88.7 cm³/mol. The maximum atomic E-state index is 13.8. The maximum absolute atomic E-state index is 13.8. The van der Waals surface area contributed by atoms with E-state index in [1.165, 1.54) is 11.6 Å². The normalized spacial score (nSPS) is 12.7. The molecule has 2 aromatic carbocycles. The molecule has 0 nitrogen and oxygen atoms in total. The van der Waals surface area contributed by atoms with E-state index in [1.54, 1.807) is 12.1 Å². The summed E-state index contributed by atoms with van der Waals surface area (Å²) in [6.45, 7) is 4.39. The van der Waals surface area contributed by atoms with E-state index in [4.69, 9.17) is 23.2 Å². The molecule has 0 bridgehead atoms. The molecule has 21 heavy (non-hydrogen) atoms. The van der Waals surface area contributed by atoms with E-state index in [9.17, 15) is 4.39 Å². The molecule has 1 unspecified atom stereocenters. The van der Waals surface area contributed by atoms with Gasteiger partial charge in [0, 0.05) is 10.6 Å². The summed E-state index contributed by atoms with van der Waals surface area (Å²) >= 11 is 12.5. The van der Waals surface area contributed by atoms with Crippen molar-refractivity contribution in [3.05, 3.63) is 70.0 Å². The number of benzene rings is 2. The number of alkyl halides is 1. The lowest BCUT2D eigenvalue weighted by atomic mass is 9.99. The van der Waals surface area contributed by atoms with Crippen molar-refractivity contribution in [2.75, 3.05) is 0 Å². The number of hydrogen-bond acceptors (Lipinski definition) is 0. The van der Waals surface area contributed by atoms with Crippen molar-refractivity contribution in [2.24, 2.45) is 5.92 Å². The standard InChI is InChI=1S/C18H19Cl2F/c1-12(2)10-13-6-8-14(9-7-13)17(20)11-15-16(19)4-3-5-18(15)21/h3-9,12,17H,10-11H2,1-2H3. The Morgan fingerprint density at radius 3 is 2.24 bits per heavy atom. The molecule has 2 aromatic rings. The monoisotopic (exact) mass is 324 g/mol. The van der Waals surface area contributed by atoms with Crippen LogP contribution in [0.2, 0.25) is 5.02 Å². The molecule has 0 N–H and O–H groups in total. The average Bonchev–Trinajstić information content (AvgIpc) is 2.43. The second-order valence-electron chi connectivity index (χ2n) is 5.71. The molecule has 0 fully saturated rings. The SMILES string of the molecule is CC(C)Cc1ccc(C(Cl)Cc2c(F)cccc2Cl)cc1. The van der Waals surface area contributed by atoms with Crippen LogP contribution in [0.4, 0.5) is 4.39 Å². The molecule has 0 aliphatic heterocycles. The quantitative estimate of drug-likeness (QED) is 0.574. The molecule has 0 heterocycles. The van der Waals surface area contributed by atoms with E-state index in [1.807, 2.05) is 12.1 Å². The van der Waals surface area contributed by atoms with Crippen molar-refractivity contribution in [2.45, 2.75) is 32.1 Å². The third-order valence-corrected chi connectivity index (χ3v) is 4.19. The van der Waals surface area contributed by atoms with Crippen molar-refractivity contribution in [3.63, 3.8) is 0 Å². The van der Waals surface area contributed by atoms with Crippen LogP contribution in [-0.2, 0) is 12.8 Å². The van der Waals surface area contributed by atoms with Crippen LogP contribution in [0.25, 0.3) is 0 Å². The summed E-state index contributed by atoms with van der Waals surface area (Å²) in [6, 6.07) is 12.9. The van der Waals surface area contributed by atoms with Gasteiger partial charge in [0.2, 0.25) is 0 Å². The van der Waals surface area contributed by atoms with Gasteiger partial charge in [-0.1, -0.05) is 55.8 Å². The Hall–Kier alpha value is -1.05. The zero-order chi connectivity index (χ0) is 15.4. The van der Waals surface area contributed by atoms with Gasteiger partial charge < -0.3 is 0 Å². The third-order valence-electron chi connectivity index (χ3n) is 3.43. The van der Waals surface area contributed by atoms with Gasteiger partial charge in [0.15, 0.2) is 0 Å². The number of rotatable bonds is 5. The Kier molecular flexibility index (Phi) is 5.66. The molecule has 0 amide bonds. The van der Waals surface area contributed by atoms with Gasteiger partial charge in [0.1, 0.15) is 5.82 Å². The van der Waals surface area contributed by atoms with E-state index in [0.29, 0.717) is 22.9 Å².